The highest BCUT2D eigenvalue weighted by Gasteiger charge is 2.33. The molecule has 168 valence electrons. The first-order chi connectivity index (χ1) is 15.4. The molecular formula is C23H24N2O5S2. The van der Waals surface area contributed by atoms with Crippen molar-refractivity contribution < 1.29 is 23.8 Å². The zero-order valence-electron chi connectivity index (χ0n) is 18.2. The fourth-order valence-electron chi connectivity index (χ4n) is 2.80. The van der Waals surface area contributed by atoms with E-state index in [1.54, 1.807) is 50.6 Å². The molecular weight excluding hydrogens is 448 g/mol. The molecule has 1 fully saturated rings. The predicted octanol–water partition coefficient (Wildman–Crippen LogP) is 4.43. The van der Waals surface area contributed by atoms with E-state index in [0.717, 1.165) is 28.8 Å². The summed E-state index contributed by atoms with van der Waals surface area (Å²) < 4.78 is 16.6. The monoisotopic (exact) mass is 472 g/mol. The molecule has 0 saturated carbocycles. The van der Waals surface area contributed by atoms with Gasteiger partial charge in [-0.25, -0.2) is 0 Å². The van der Waals surface area contributed by atoms with Gasteiger partial charge in [-0.05, 0) is 73.6 Å². The highest BCUT2D eigenvalue weighted by Crippen LogP contribution is 2.34. The van der Waals surface area contributed by atoms with Gasteiger partial charge in [-0.1, -0.05) is 24.8 Å². The van der Waals surface area contributed by atoms with Crippen molar-refractivity contribution >= 4 is 46.2 Å². The number of hydrazine groups is 1. The van der Waals surface area contributed by atoms with Crippen molar-refractivity contribution in [1.82, 2.24) is 10.4 Å². The Balaban J connectivity index is 1.75. The van der Waals surface area contributed by atoms with Crippen LogP contribution < -0.4 is 19.6 Å². The lowest BCUT2D eigenvalue weighted by molar-refractivity contribution is -0.123. The molecule has 0 radical (unpaired) electrons. The van der Waals surface area contributed by atoms with Gasteiger partial charge >= 0.3 is 0 Å². The predicted molar refractivity (Wildman–Crippen MR) is 129 cm³/mol. The van der Waals surface area contributed by atoms with E-state index in [1.165, 1.54) is 0 Å². The van der Waals surface area contributed by atoms with Crippen molar-refractivity contribution in [3.05, 3.63) is 58.5 Å². The quantitative estimate of drug-likeness (QED) is 0.450. The van der Waals surface area contributed by atoms with Crippen molar-refractivity contribution in [2.75, 3.05) is 14.2 Å². The lowest BCUT2D eigenvalue weighted by Gasteiger charge is -2.16. The Kier molecular flexibility index (Phi) is 7.76. The van der Waals surface area contributed by atoms with Gasteiger partial charge in [0.2, 0.25) is 0 Å². The number of nitrogens with one attached hydrogen (secondary N) is 1. The standard InChI is InChI=1S/C23H24N2O5S2/c1-5-14(2)30-18-11-6-15(12-19(18)29-4)13-20-22(27)25(23(31)32-20)24-21(26)16-7-9-17(28-3)10-8-16/h6-14H,5H2,1-4H3,(H,24,26)/b20-13-/t14-/m0/s1. The molecule has 1 saturated heterocycles. The first-order valence-electron chi connectivity index (χ1n) is 9.94. The Morgan fingerprint density at radius 1 is 1.16 bits per heavy atom. The average molecular weight is 473 g/mol. The van der Waals surface area contributed by atoms with Gasteiger partial charge in [-0.15, -0.1) is 0 Å². The van der Waals surface area contributed by atoms with Crippen molar-refractivity contribution in [1.29, 1.82) is 0 Å². The molecule has 2 amide bonds. The molecule has 0 unspecified atom stereocenters. The van der Waals surface area contributed by atoms with Gasteiger partial charge in [0.25, 0.3) is 11.8 Å². The molecule has 1 heterocycles. The molecule has 0 spiro atoms. The highest BCUT2D eigenvalue weighted by molar-refractivity contribution is 8.26. The number of benzene rings is 2. The van der Waals surface area contributed by atoms with Crippen LogP contribution in [0.5, 0.6) is 17.2 Å². The molecule has 2 aromatic rings. The second-order valence-corrected chi connectivity index (χ2v) is 8.61. The Morgan fingerprint density at radius 2 is 1.88 bits per heavy atom. The number of hydrogen-bond acceptors (Lipinski definition) is 7. The number of nitrogens with zero attached hydrogens (tertiary/aromatic N) is 1. The van der Waals surface area contributed by atoms with E-state index in [9.17, 15) is 9.59 Å². The maximum absolute atomic E-state index is 12.9. The van der Waals surface area contributed by atoms with Crippen molar-refractivity contribution in [3.8, 4) is 17.2 Å². The normalized spacial score (nSPS) is 15.6. The molecule has 2 aromatic carbocycles. The van der Waals surface area contributed by atoms with Gasteiger partial charge in [0.1, 0.15) is 5.75 Å². The van der Waals surface area contributed by atoms with E-state index >= 15 is 0 Å². The molecule has 0 bridgehead atoms. The number of carbonyl (C=O) groups excluding carboxylic acids is 2. The fourth-order valence-corrected chi connectivity index (χ4v) is 3.97. The smallest absolute Gasteiger partial charge is 0.285 e. The number of ether oxygens (including phenoxy) is 3. The number of hydrogen-bond donors (Lipinski definition) is 1. The summed E-state index contributed by atoms with van der Waals surface area (Å²) in [5.74, 6) is 0.992. The van der Waals surface area contributed by atoms with E-state index in [0.29, 0.717) is 27.7 Å². The Hall–Kier alpha value is -3.04. The second kappa shape index (κ2) is 10.5. The van der Waals surface area contributed by atoms with Crippen molar-refractivity contribution in [2.45, 2.75) is 26.4 Å². The number of thiocarbonyl (C=S) groups is 1. The second-order valence-electron chi connectivity index (χ2n) is 6.93. The number of amides is 2. The summed E-state index contributed by atoms with van der Waals surface area (Å²) in [6.07, 6.45) is 2.63. The summed E-state index contributed by atoms with van der Waals surface area (Å²) in [4.78, 5) is 25.8. The third-order valence-electron chi connectivity index (χ3n) is 4.75. The van der Waals surface area contributed by atoms with Crippen LogP contribution in [0.15, 0.2) is 47.4 Å². The minimum Gasteiger partial charge on any atom is -0.497 e. The van der Waals surface area contributed by atoms with Crippen LogP contribution in [0.2, 0.25) is 0 Å². The SMILES string of the molecule is CC[C@H](C)Oc1ccc(/C=C2\SC(=S)N(NC(=O)c3ccc(OC)cc3)C2=O)cc1OC. The minimum absolute atomic E-state index is 0.0558. The van der Waals surface area contributed by atoms with Crippen LogP contribution in [0.3, 0.4) is 0 Å². The Labute approximate surface area is 196 Å². The largest absolute Gasteiger partial charge is 0.497 e. The molecule has 7 nitrogen and oxygen atoms in total. The first kappa shape index (κ1) is 23.6. The summed E-state index contributed by atoms with van der Waals surface area (Å²) in [6, 6.07) is 12.0. The van der Waals surface area contributed by atoms with Gasteiger partial charge in [0.05, 0.1) is 25.2 Å². The van der Waals surface area contributed by atoms with Crippen molar-refractivity contribution in [3.63, 3.8) is 0 Å². The molecule has 1 aliphatic heterocycles. The van der Waals surface area contributed by atoms with E-state index in [1.807, 2.05) is 26.0 Å². The van der Waals surface area contributed by atoms with E-state index < -0.39 is 11.8 Å². The minimum atomic E-state index is -0.446. The van der Waals surface area contributed by atoms with Gasteiger partial charge in [-0.3, -0.25) is 15.0 Å². The Morgan fingerprint density at radius 3 is 2.50 bits per heavy atom. The summed E-state index contributed by atoms with van der Waals surface area (Å²) in [7, 11) is 3.11. The highest BCUT2D eigenvalue weighted by atomic mass is 32.2. The molecule has 9 heteroatoms. The van der Waals surface area contributed by atoms with E-state index in [4.69, 9.17) is 26.4 Å². The van der Waals surface area contributed by atoms with Crippen LogP contribution in [0.25, 0.3) is 6.08 Å². The lowest BCUT2D eigenvalue weighted by atomic mass is 10.1. The molecule has 1 atom stereocenters. The number of methoxy groups -OCH3 is 2. The zero-order valence-corrected chi connectivity index (χ0v) is 19.8. The third-order valence-corrected chi connectivity index (χ3v) is 6.05. The molecule has 0 aliphatic carbocycles. The van der Waals surface area contributed by atoms with Gasteiger partial charge in [0.15, 0.2) is 15.8 Å². The maximum Gasteiger partial charge on any atom is 0.285 e. The summed E-state index contributed by atoms with van der Waals surface area (Å²) in [5.41, 5.74) is 3.69. The molecule has 0 aromatic heterocycles. The number of rotatable bonds is 8. The van der Waals surface area contributed by atoms with Crippen LogP contribution in [-0.4, -0.2) is 41.5 Å². The van der Waals surface area contributed by atoms with Gasteiger partial charge in [0, 0.05) is 5.56 Å². The molecule has 32 heavy (non-hydrogen) atoms. The van der Waals surface area contributed by atoms with Gasteiger partial charge < -0.3 is 14.2 Å². The maximum atomic E-state index is 12.9. The summed E-state index contributed by atoms with van der Waals surface area (Å²) >= 11 is 6.41. The topological polar surface area (TPSA) is 77.1 Å². The summed E-state index contributed by atoms with van der Waals surface area (Å²) in [6.45, 7) is 4.03. The van der Waals surface area contributed by atoms with Crippen LogP contribution in [-0.2, 0) is 4.79 Å². The van der Waals surface area contributed by atoms with Crippen LogP contribution in [0, 0.1) is 0 Å². The third kappa shape index (κ3) is 5.41. The van der Waals surface area contributed by atoms with Gasteiger partial charge in [-0.2, -0.15) is 5.01 Å². The van der Waals surface area contributed by atoms with Crippen molar-refractivity contribution in [2.24, 2.45) is 0 Å². The molecule has 1 N–H and O–H groups in total. The average Bonchev–Trinajstić information content (AvgIpc) is 3.07. The summed E-state index contributed by atoms with van der Waals surface area (Å²) in [5, 5.41) is 1.08. The molecule has 1 aliphatic rings. The lowest BCUT2D eigenvalue weighted by Crippen LogP contribution is -2.44. The Bertz CT molecular complexity index is 1050. The van der Waals surface area contributed by atoms with E-state index in [2.05, 4.69) is 5.43 Å². The van der Waals surface area contributed by atoms with Crippen LogP contribution >= 0.6 is 24.0 Å². The number of thioether (sulfide) groups is 1. The van der Waals surface area contributed by atoms with Crippen LogP contribution in [0.4, 0.5) is 0 Å². The fraction of sp³-hybridized carbons (Fsp3) is 0.261. The zero-order chi connectivity index (χ0) is 23.3. The first-order valence-corrected chi connectivity index (χ1v) is 11.2. The van der Waals surface area contributed by atoms with E-state index in [-0.39, 0.29) is 10.4 Å². The molecule has 3 rings (SSSR count). The van der Waals surface area contributed by atoms with Crippen LogP contribution in [0.1, 0.15) is 36.2 Å². The number of carbonyl (C=O) groups is 2.